The van der Waals surface area contributed by atoms with E-state index < -0.39 is 0 Å². The summed E-state index contributed by atoms with van der Waals surface area (Å²) in [6.07, 6.45) is 5.15. The van der Waals surface area contributed by atoms with Crippen LogP contribution in [0.1, 0.15) is 33.9 Å². The Morgan fingerprint density at radius 3 is 2.78 bits per heavy atom. The number of ether oxygens (including phenoxy) is 1. The number of hydrogen-bond acceptors (Lipinski definition) is 6. The molecule has 9 heteroatoms. The van der Waals surface area contributed by atoms with Crippen LogP contribution in [-0.2, 0) is 11.3 Å². The summed E-state index contributed by atoms with van der Waals surface area (Å²) in [5, 5.41) is 8.15. The van der Waals surface area contributed by atoms with E-state index in [0.717, 1.165) is 19.4 Å². The molecular formula is C18H23N5O4. The summed E-state index contributed by atoms with van der Waals surface area (Å²) in [6, 6.07) is 3.41. The molecule has 0 radical (unpaired) electrons. The fraction of sp³-hybridized carbons (Fsp3) is 0.556. The Morgan fingerprint density at radius 2 is 2.00 bits per heavy atom. The Balaban J connectivity index is 1.35. The van der Waals surface area contributed by atoms with E-state index in [4.69, 9.17) is 9.15 Å². The molecule has 9 nitrogen and oxygen atoms in total. The summed E-state index contributed by atoms with van der Waals surface area (Å²) in [5.41, 5.74) is 0.358. The minimum absolute atomic E-state index is 0.0773. The Bertz CT molecular complexity index is 782. The topological polar surface area (TPSA) is 93.7 Å². The number of hydrogen-bond donors (Lipinski definition) is 0. The molecule has 0 saturated carbocycles. The van der Waals surface area contributed by atoms with Gasteiger partial charge in [0.1, 0.15) is 0 Å². The molecule has 2 amide bonds. The first kappa shape index (κ1) is 17.7. The lowest BCUT2D eigenvalue weighted by molar-refractivity contribution is 0.0299. The number of carbonyl (C=O) groups excluding carboxylic acids is 2. The van der Waals surface area contributed by atoms with Crippen molar-refractivity contribution in [2.24, 2.45) is 5.92 Å². The van der Waals surface area contributed by atoms with E-state index in [1.807, 2.05) is 4.90 Å². The first-order chi connectivity index (χ1) is 13.2. The molecule has 2 saturated heterocycles. The third-order valence-electron chi connectivity index (χ3n) is 5.04. The summed E-state index contributed by atoms with van der Waals surface area (Å²) >= 11 is 0. The van der Waals surface area contributed by atoms with Gasteiger partial charge in [0.15, 0.2) is 11.5 Å². The van der Waals surface area contributed by atoms with Crippen LogP contribution in [0, 0.1) is 5.92 Å². The predicted octanol–water partition coefficient (Wildman–Crippen LogP) is 0.896. The number of furan rings is 1. The molecule has 2 aromatic rings. The van der Waals surface area contributed by atoms with Gasteiger partial charge in [-0.3, -0.25) is 14.3 Å². The van der Waals surface area contributed by atoms with Gasteiger partial charge in [-0.25, -0.2) is 0 Å². The number of rotatable bonds is 4. The lowest BCUT2D eigenvalue weighted by Crippen LogP contribution is -2.41. The summed E-state index contributed by atoms with van der Waals surface area (Å²) in [5.74, 6) is 0.454. The summed E-state index contributed by atoms with van der Waals surface area (Å²) in [6.45, 7) is 4.28. The van der Waals surface area contributed by atoms with Crippen molar-refractivity contribution < 1.29 is 18.7 Å². The molecule has 1 atom stereocenters. The van der Waals surface area contributed by atoms with Crippen molar-refractivity contribution in [2.45, 2.75) is 19.4 Å². The molecule has 2 aliphatic rings. The van der Waals surface area contributed by atoms with Crippen LogP contribution in [0.15, 0.2) is 29.0 Å². The molecule has 0 aliphatic carbocycles. The van der Waals surface area contributed by atoms with Crippen molar-refractivity contribution in [3.8, 4) is 0 Å². The van der Waals surface area contributed by atoms with Gasteiger partial charge in [0.05, 0.1) is 25.7 Å². The molecule has 144 valence electrons. The second kappa shape index (κ2) is 7.91. The van der Waals surface area contributed by atoms with Crippen LogP contribution < -0.4 is 0 Å². The highest BCUT2D eigenvalue weighted by atomic mass is 16.5. The summed E-state index contributed by atoms with van der Waals surface area (Å²) in [7, 11) is 0. The lowest BCUT2D eigenvalue weighted by Gasteiger charge is -2.32. The average molecular weight is 373 g/mol. The van der Waals surface area contributed by atoms with E-state index in [2.05, 4.69) is 10.3 Å². The van der Waals surface area contributed by atoms with Gasteiger partial charge >= 0.3 is 0 Å². The maximum absolute atomic E-state index is 12.5. The number of carbonyl (C=O) groups is 2. The zero-order valence-electron chi connectivity index (χ0n) is 15.1. The molecule has 2 fully saturated rings. The van der Waals surface area contributed by atoms with E-state index in [1.165, 1.54) is 6.26 Å². The third-order valence-corrected chi connectivity index (χ3v) is 5.04. The molecule has 4 rings (SSSR count). The van der Waals surface area contributed by atoms with E-state index in [-0.39, 0.29) is 17.7 Å². The van der Waals surface area contributed by atoms with Crippen molar-refractivity contribution in [3.05, 3.63) is 36.0 Å². The van der Waals surface area contributed by atoms with Crippen LogP contribution in [-0.4, -0.2) is 76.0 Å². The minimum atomic E-state index is -0.109. The summed E-state index contributed by atoms with van der Waals surface area (Å²) in [4.78, 5) is 28.5. The summed E-state index contributed by atoms with van der Waals surface area (Å²) < 4.78 is 12.2. The molecule has 2 aliphatic heterocycles. The van der Waals surface area contributed by atoms with Crippen LogP contribution in [0.25, 0.3) is 0 Å². The van der Waals surface area contributed by atoms with Crippen LogP contribution in [0.5, 0.6) is 0 Å². The first-order valence-electron chi connectivity index (χ1n) is 9.30. The molecule has 2 aromatic heterocycles. The molecule has 0 aromatic carbocycles. The van der Waals surface area contributed by atoms with Crippen molar-refractivity contribution in [1.82, 2.24) is 24.8 Å². The lowest BCUT2D eigenvalue weighted by atomic mass is 9.98. The number of aromatic nitrogens is 3. The van der Waals surface area contributed by atoms with E-state index in [9.17, 15) is 9.59 Å². The van der Waals surface area contributed by atoms with Crippen molar-refractivity contribution >= 4 is 11.8 Å². The van der Waals surface area contributed by atoms with Gasteiger partial charge in [-0.05, 0) is 30.9 Å². The van der Waals surface area contributed by atoms with E-state index in [0.29, 0.717) is 50.8 Å². The Labute approximate surface area is 156 Å². The van der Waals surface area contributed by atoms with Gasteiger partial charge in [0, 0.05) is 32.7 Å². The number of amides is 2. The van der Waals surface area contributed by atoms with Crippen molar-refractivity contribution in [1.29, 1.82) is 0 Å². The van der Waals surface area contributed by atoms with Crippen LogP contribution in [0.3, 0.4) is 0 Å². The zero-order valence-corrected chi connectivity index (χ0v) is 15.1. The average Bonchev–Trinajstić information content (AvgIpc) is 3.40. The van der Waals surface area contributed by atoms with Gasteiger partial charge in [-0.2, -0.15) is 0 Å². The van der Waals surface area contributed by atoms with E-state index in [1.54, 1.807) is 27.9 Å². The second-order valence-corrected chi connectivity index (χ2v) is 6.97. The number of morpholine rings is 1. The molecule has 0 N–H and O–H groups in total. The van der Waals surface area contributed by atoms with Crippen LogP contribution >= 0.6 is 0 Å². The molecule has 4 heterocycles. The highest BCUT2D eigenvalue weighted by molar-refractivity contribution is 5.92. The first-order valence-corrected chi connectivity index (χ1v) is 9.30. The number of likely N-dealkylation sites (tertiary alicyclic amines) is 1. The Hall–Kier alpha value is -2.68. The van der Waals surface area contributed by atoms with Crippen molar-refractivity contribution in [3.63, 3.8) is 0 Å². The zero-order chi connectivity index (χ0) is 18.6. The fourth-order valence-electron chi connectivity index (χ4n) is 3.63. The number of nitrogens with zero attached hydrogens (tertiary/aromatic N) is 5. The Kier molecular flexibility index (Phi) is 5.19. The Morgan fingerprint density at radius 1 is 1.15 bits per heavy atom. The molecular weight excluding hydrogens is 350 g/mol. The largest absolute Gasteiger partial charge is 0.459 e. The fourth-order valence-corrected chi connectivity index (χ4v) is 3.63. The quantitative estimate of drug-likeness (QED) is 0.790. The normalized spacial score (nSPS) is 20.7. The maximum Gasteiger partial charge on any atom is 0.289 e. The molecule has 0 unspecified atom stereocenters. The smallest absolute Gasteiger partial charge is 0.289 e. The van der Waals surface area contributed by atoms with E-state index >= 15 is 0 Å². The van der Waals surface area contributed by atoms with Crippen molar-refractivity contribution in [2.75, 3.05) is 39.4 Å². The third kappa shape index (κ3) is 4.02. The molecule has 27 heavy (non-hydrogen) atoms. The van der Waals surface area contributed by atoms with Gasteiger partial charge in [0.2, 0.25) is 0 Å². The highest BCUT2D eigenvalue weighted by Crippen LogP contribution is 2.20. The predicted molar refractivity (Wildman–Crippen MR) is 94.1 cm³/mol. The molecule has 0 bridgehead atoms. The molecule has 0 spiro atoms. The van der Waals surface area contributed by atoms with Crippen LogP contribution in [0.2, 0.25) is 0 Å². The standard InChI is InChI=1S/C18H23N5O4/c24-17(21-6-9-26-10-7-21)15-13-23(20-19-15)12-14-3-1-5-22(11-14)18(25)16-4-2-8-27-16/h2,4,8,13-14H,1,3,5-7,9-12H2/t14-/m1/s1. The van der Waals surface area contributed by atoms with Crippen LogP contribution in [0.4, 0.5) is 0 Å². The van der Waals surface area contributed by atoms with Gasteiger partial charge < -0.3 is 19.0 Å². The monoisotopic (exact) mass is 373 g/mol. The second-order valence-electron chi connectivity index (χ2n) is 6.97. The van der Waals surface area contributed by atoms with Gasteiger partial charge in [-0.15, -0.1) is 5.10 Å². The van der Waals surface area contributed by atoms with Gasteiger partial charge in [0.25, 0.3) is 11.8 Å². The highest BCUT2D eigenvalue weighted by Gasteiger charge is 2.27. The SMILES string of the molecule is O=C(c1cn(C[C@@H]2CCCN(C(=O)c3ccco3)C2)nn1)N1CCOCC1. The maximum atomic E-state index is 12.5. The van der Waals surface area contributed by atoms with Gasteiger partial charge in [-0.1, -0.05) is 5.21 Å². The number of piperidine rings is 1. The minimum Gasteiger partial charge on any atom is -0.459 e.